The highest BCUT2D eigenvalue weighted by Gasteiger charge is 2.45. The molecule has 0 aromatic rings. The predicted molar refractivity (Wildman–Crippen MR) is 42.2 cm³/mol. The molecule has 0 aromatic carbocycles. The van der Waals surface area contributed by atoms with Gasteiger partial charge in [0.15, 0.2) is 5.79 Å². The van der Waals surface area contributed by atoms with Gasteiger partial charge in [-0.15, -0.1) is 0 Å². The van der Waals surface area contributed by atoms with E-state index in [9.17, 15) is 0 Å². The molecular formula is C9H16O2. The summed E-state index contributed by atoms with van der Waals surface area (Å²) in [6.07, 6.45) is 2.18. The van der Waals surface area contributed by atoms with Crippen molar-refractivity contribution in [3.8, 4) is 0 Å². The van der Waals surface area contributed by atoms with Crippen molar-refractivity contribution in [1.29, 1.82) is 0 Å². The Morgan fingerprint density at radius 3 is 1.91 bits per heavy atom. The van der Waals surface area contributed by atoms with Crippen LogP contribution < -0.4 is 0 Å². The van der Waals surface area contributed by atoms with Crippen LogP contribution in [0.2, 0.25) is 0 Å². The molecule has 0 aromatic heterocycles. The van der Waals surface area contributed by atoms with Gasteiger partial charge in [-0.3, -0.25) is 0 Å². The third-order valence-corrected chi connectivity index (χ3v) is 3.05. The second-order valence-corrected chi connectivity index (χ2v) is 3.97. The Bertz CT molecular complexity index is 138. The molecule has 2 nitrogen and oxygen atoms in total. The third kappa shape index (κ3) is 1.18. The fraction of sp³-hybridized carbons (Fsp3) is 1.00. The van der Waals surface area contributed by atoms with E-state index in [0.717, 1.165) is 37.9 Å². The zero-order valence-corrected chi connectivity index (χ0v) is 7.30. The van der Waals surface area contributed by atoms with Gasteiger partial charge in [-0.1, -0.05) is 13.8 Å². The summed E-state index contributed by atoms with van der Waals surface area (Å²) in [4.78, 5) is 0. The van der Waals surface area contributed by atoms with E-state index in [1.165, 1.54) is 0 Å². The van der Waals surface area contributed by atoms with Crippen LogP contribution in [-0.4, -0.2) is 19.0 Å². The molecule has 1 aliphatic carbocycles. The van der Waals surface area contributed by atoms with E-state index in [0.29, 0.717) is 0 Å². The quantitative estimate of drug-likeness (QED) is 0.532. The van der Waals surface area contributed by atoms with Gasteiger partial charge in [-0.25, -0.2) is 0 Å². The average molecular weight is 156 g/mol. The Balaban J connectivity index is 2.06. The SMILES string of the molecule is C[C@H]1CC2(C[C@@H]1C)OCCO2. The Kier molecular flexibility index (Phi) is 1.69. The van der Waals surface area contributed by atoms with Gasteiger partial charge in [0.2, 0.25) is 0 Å². The van der Waals surface area contributed by atoms with Crippen molar-refractivity contribution < 1.29 is 9.47 Å². The molecule has 0 bridgehead atoms. The minimum Gasteiger partial charge on any atom is -0.348 e. The molecule has 2 atom stereocenters. The van der Waals surface area contributed by atoms with Gasteiger partial charge in [0, 0.05) is 12.8 Å². The molecule has 2 rings (SSSR count). The normalized spacial score (nSPS) is 42.0. The largest absolute Gasteiger partial charge is 0.348 e. The maximum atomic E-state index is 5.62. The van der Waals surface area contributed by atoms with Gasteiger partial charge in [0.1, 0.15) is 0 Å². The lowest BCUT2D eigenvalue weighted by Gasteiger charge is -2.20. The number of ether oxygens (including phenoxy) is 2. The van der Waals surface area contributed by atoms with E-state index in [1.54, 1.807) is 0 Å². The van der Waals surface area contributed by atoms with Crippen LogP contribution in [0.3, 0.4) is 0 Å². The van der Waals surface area contributed by atoms with Crippen LogP contribution in [-0.2, 0) is 9.47 Å². The molecule has 1 aliphatic heterocycles. The molecule has 1 heterocycles. The van der Waals surface area contributed by atoms with Gasteiger partial charge in [0.25, 0.3) is 0 Å². The van der Waals surface area contributed by atoms with Crippen LogP contribution in [0.4, 0.5) is 0 Å². The molecular weight excluding hydrogens is 140 g/mol. The van der Waals surface area contributed by atoms with Crippen LogP contribution in [0.25, 0.3) is 0 Å². The molecule has 1 saturated carbocycles. The summed E-state index contributed by atoms with van der Waals surface area (Å²) in [5.41, 5.74) is 0. The van der Waals surface area contributed by atoms with Gasteiger partial charge in [0.05, 0.1) is 13.2 Å². The molecule has 11 heavy (non-hydrogen) atoms. The summed E-state index contributed by atoms with van der Waals surface area (Å²) >= 11 is 0. The van der Waals surface area contributed by atoms with Crippen LogP contribution >= 0.6 is 0 Å². The Labute approximate surface area is 67.9 Å². The van der Waals surface area contributed by atoms with Crippen LogP contribution in [0.15, 0.2) is 0 Å². The van der Waals surface area contributed by atoms with Crippen molar-refractivity contribution in [2.75, 3.05) is 13.2 Å². The van der Waals surface area contributed by atoms with Crippen molar-refractivity contribution in [1.82, 2.24) is 0 Å². The minimum absolute atomic E-state index is 0.168. The highest BCUT2D eigenvalue weighted by atomic mass is 16.7. The Morgan fingerprint density at radius 2 is 1.45 bits per heavy atom. The third-order valence-electron chi connectivity index (χ3n) is 3.05. The van der Waals surface area contributed by atoms with Crippen molar-refractivity contribution in [2.45, 2.75) is 32.5 Å². The van der Waals surface area contributed by atoms with Crippen LogP contribution in [0, 0.1) is 11.8 Å². The summed E-state index contributed by atoms with van der Waals surface area (Å²) in [6, 6.07) is 0. The summed E-state index contributed by atoms with van der Waals surface area (Å²) < 4.78 is 11.2. The summed E-state index contributed by atoms with van der Waals surface area (Å²) in [5.74, 6) is 1.35. The maximum absolute atomic E-state index is 5.62. The zero-order valence-electron chi connectivity index (χ0n) is 7.30. The lowest BCUT2D eigenvalue weighted by atomic mass is 10.0. The first-order valence-electron chi connectivity index (χ1n) is 4.50. The molecule has 2 fully saturated rings. The second-order valence-electron chi connectivity index (χ2n) is 3.97. The van der Waals surface area contributed by atoms with Crippen LogP contribution in [0.1, 0.15) is 26.7 Å². The summed E-state index contributed by atoms with van der Waals surface area (Å²) in [5, 5.41) is 0. The van der Waals surface area contributed by atoms with Crippen molar-refractivity contribution >= 4 is 0 Å². The van der Waals surface area contributed by atoms with E-state index >= 15 is 0 Å². The first-order valence-corrected chi connectivity index (χ1v) is 4.50. The van der Waals surface area contributed by atoms with Crippen LogP contribution in [0.5, 0.6) is 0 Å². The zero-order chi connectivity index (χ0) is 7.90. The molecule has 0 radical (unpaired) electrons. The minimum atomic E-state index is -0.168. The van der Waals surface area contributed by atoms with E-state index in [4.69, 9.17) is 9.47 Å². The topological polar surface area (TPSA) is 18.5 Å². The van der Waals surface area contributed by atoms with Gasteiger partial charge in [-0.05, 0) is 11.8 Å². The molecule has 2 aliphatic rings. The molecule has 1 spiro atoms. The molecule has 0 amide bonds. The molecule has 0 N–H and O–H groups in total. The van der Waals surface area contributed by atoms with E-state index in [2.05, 4.69) is 13.8 Å². The molecule has 64 valence electrons. The van der Waals surface area contributed by atoms with E-state index < -0.39 is 0 Å². The van der Waals surface area contributed by atoms with Gasteiger partial charge in [-0.2, -0.15) is 0 Å². The molecule has 0 unspecified atom stereocenters. The lowest BCUT2D eigenvalue weighted by molar-refractivity contribution is -0.153. The maximum Gasteiger partial charge on any atom is 0.169 e. The predicted octanol–water partition coefficient (Wildman–Crippen LogP) is 1.80. The highest BCUT2D eigenvalue weighted by Crippen LogP contribution is 2.43. The number of rotatable bonds is 0. The van der Waals surface area contributed by atoms with Crippen molar-refractivity contribution in [3.63, 3.8) is 0 Å². The van der Waals surface area contributed by atoms with Gasteiger partial charge < -0.3 is 9.47 Å². The summed E-state index contributed by atoms with van der Waals surface area (Å²) in [7, 11) is 0. The Hall–Kier alpha value is -0.0800. The van der Waals surface area contributed by atoms with E-state index in [1.807, 2.05) is 0 Å². The Morgan fingerprint density at radius 1 is 1.00 bits per heavy atom. The average Bonchev–Trinajstić information content (AvgIpc) is 2.46. The number of hydrogen-bond donors (Lipinski definition) is 0. The molecule has 2 heteroatoms. The van der Waals surface area contributed by atoms with Crippen molar-refractivity contribution in [2.24, 2.45) is 11.8 Å². The standard InChI is InChI=1S/C9H16O2/c1-7-5-9(6-8(7)2)10-3-4-11-9/h7-8H,3-6H2,1-2H3/t7-,8-/m0/s1. The van der Waals surface area contributed by atoms with Crippen molar-refractivity contribution in [3.05, 3.63) is 0 Å². The fourth-order valence-corrected chi connectivity index (χ4v) is 2.20. The van der Waals surface area contributed by atoms with E-state index in [-0.39, 0.29) is 5.79 Å². The van der Waals surface area contributed by atoms with Gasteiger partial charge >= 0.3 is 0 Å². The monoisotopic (exact) mass is 156 g/mol. The molecule has 1 saturated heterocycles. The first kappa shape index (κ1) is 7.56. The fourth-order valence-electron chi connectivity index (χ4n) is 2.20. The lowest BCUT2D eigenvalue weighted by Crippen LogP contribution is -2.26. The summed E-state index contributed by atoms with van der Waals surface area (Å²) in [6.45, 7) is 6.15. The highest BCUT2D eigenvalue weighted by molar-refractivity contribution is 4.88. The first-order chi connectivity index (χ1) is 5.22. The smallest absolute Gasteiger partial charge is 0.169 e. The second kappa shape index (κ2) is 2.46. The number of hydrogen-bond acceptors (Lipinski definition) is 2.